The normalized spacial score (nSPS) is 10.2. The average molecular weight is 430 g/mol. The molecule has 0 unspecified atom stereocenters. The molecular formula is C20H19FN4O4S. The number of nitrogens with zero attached hydrogens (tertiary/aromatic N) is 1. The predicted octanol–water partition coefficient (Wildman–Crippen LogP) is 4.12. The first-order valence-electron chi connectivity index (χ1n) is 8.76. The molecular weight excluding hydrogens is 411 g/mol. The van der Waals surface area contributed by atoms with Crippen LogP contribution in [0.1, 0.15) is 5.69 Å². The van der Waals surface area contributed by atoms with Crippen LogP contribution in [0.4, 0.5) is 25.7 Å². The summed E-state index contributed by atoms with van der Waals surface area (Å²) in [6.45, 7) is 0. The highest BCUT2D eigenvalue weighted by Crippen LogP contribution is 2.29. The standard InChI is InChI=1S/C20H19FN4O4S/c1-28-16-8-7-14(9-17(16)29-2)22-18(26)10-15-11-30-20(24-15)25-19(27)23-13-5-3-12(21)4-6-13/h3-9,11H,10H2,1-2H3,(H,22,26)(H2,23,24,25,27). The Morgan fingerprint density at radius 1 is 0.967 bits per heavy atom. The Hall–Kier alpha value is -3.66. The zero-order valence-electron chi connectivity index (χ0n) is 16.2. The number of rotatable bonds is 7. The summed E-state index contributed by atoms with van der Waals surface area (Å²) < 4.78 is 23.3. The van der Waals surface area contributed by atoms with Crippen molar-refractivity contribution in [3.8, 4) is 11.5 Å². The average Bonchev–Trinajstić information content (AvgIpc) is 3.15. The highest BCUT2D eigenvalue weighted by atomic mass is 32.1. The number of amides is 3. The highest BCUT2D eigenvalue weighted by Gasteiger charge is 2.12. The monoisotopic (exact) mass is 430 g/mol. The van der Waals surface area contributed by atoms with Gasteiger partial charge in [0.15, 0.2) is 16.6 Å². The lowest BCUT2D eigenvalue weighted by Gasteiger charge is -2.10. The summed E-state index contributed by atoms with van der Waals surface area (Å²) in [6, 6.07) is 9.91. The molecule has 0 saturated heterocycles. The number of hydrogen-bond acceptors (Lipinski definition) is 6. The van der Waals surface area contributed by atoms with Crippen LogP contribution in [0.2, 0.25) is 0 Å². The molecule has 0 atom stereocenters. The topological polar surface area (TPSA) is 102 Å². The molecule has 0 aliphatic carbocycles. The van der Waals surface area contributed by atoms with Gasteiger partial charge in [0.1, 0.15) is 5.82 Å². The van der Waals surface area contributed by atoms with E-state index in [2.05, 4.69) is 20.9 Å². The van der Waals surface area contributed by atoms with Crippen LogP contribution in [0.3, 0.4) is 0 Å². The van der Waals surface area contributed by atoms with E-state index in [1.807, 2.05) is 0 Å². The maximum atomic E-state index is 12.9. The molecule has 8 nitrogen and oxygen atoms in total. The van der Waals surface area contributed by atoms with Crippen molar-refractivity contribution < 1.29 is 23.5 Å². The van der Waals surface area contributed by atoms with E-state index < -0.39 is 11.8 Å². The molecule has 10 heteroatoms. The molecule has 0 saturated carbocycles. The number of carbonyl (C=O) groups is 2. The van der Waals surface area contributed by atoms with E-state index in [1.54, 1.807) is 23.6 Å². The Kier molecular flexibility index (Phi) is 6.81. The molecule has 3 amide bonds. The summed E-state index contributed by atoms with van der Waals surface area (Å²) >= 11 is 1.19. The fourth-order valence-electron chi connectivity index (χ4n) is 2.52. The number of urea groups is 1. The molecule has 1 heterocycles. The van der Waals surface area contributed by atoms with Crippen LogP contribution >= 0.6 is 11.3 Å². The molecule has 156 valence electrons. The number of benzene rings is 2. The SMILES string of the molecule is COc1ccc(NC(=O)Cc2csc(NC(=O)Nc3ccc(F)cc3)n2)cc1OC. The molecule has 0 spiro atoms. The largest absolute Gasteiger partial charge is 0.493 e. The number of methoxy groups -OCH3 is 2. The van der Waals surface area contributed by atoms with E-state index in [0.29, 0.717) is 33.7 Å². The fraction of sp³-hybridized carbons (Fsp3) is 0.150. The quantitative estimate of drug-likeness (QED) is 0.523. The van der Waals surface area contributed by atoms with E-state index in [9.17, 15) is 14.0 Å². The molecule has 0 bridgehead atoms. The second kappa shape index (κ2) is 9.70. The van der Waals surface area contributed by atoms with Crippen molar-refractivity contribution in [3.05, 3.63) is 59.4 Å². The summed E-state index contributed by atoms with van der Waals surface area (Å²) in [5.41, 5.74) is 1.51. The maximum absolute atomic E-state index is 12.9. The van der Waals surface area contributed by atoms with Crippen molar-refractivity contribution in [3.63, 3.8) is 0 Å². The number of aromatic nitrogens is 1. The summed E-state index contributed by atoms with van der Waals surface area (Å²) in [4.78, 5) is 28.5. The Labute approximate surface area is 176 Å². The molecule has 3 rings (SSSR count). The van der Waals surface area contributed by atoms with Crippen LogP contribution in [-0.4, -0.2) is 31.1 Å². The highest BCUT2D eigenvalue weighted by molar-refractivity contribution is 7.14. The summed E-state index contributed by atoms with van der Waals surface area (Å²) in [7, 11) is 3.05. The molecule has 3 aromatic rings. The van der Waals surface area contributed by atoms with Gasteiger partial charge >= 0.3 is 6.03 Å². The number of nitrogens with one attached hydrogen (secondary N) is 3. The van der Waals surface area contributed by atoms with Gasteiger partial charge in [-0.3, -0.25) is 10.1 Å². The van der Waals surface area contributed by atoms with Gasteiger partial charge < -0.3 is 20.1 Å². The number of anilines is 3. The van der Waals surface area contributed by atoms with E-state index in [0.717, 1.165) is 0 Å². The first-order chi connectivity index (χ1) is 14.5. The second-order valence-corrected chi connectivity index (χ2v) is 6.88. The molecule has 0 fully saturated rings. The van der Waals surface area contributed by atoms with Gasteiger partial charge in [-0.15, -0.1) is 11.3 Å². The van der Waals surface area contributed by atoms with E-state index in [1.165, 1.54) is 49.8 Å². The number of carbonyl (C=O) groups excluding carboxylic acids is 2. The van der Waals surface area contributed by atoms with E-state index in [-0.39, 0.29) is 12.3 Å². The van der Waals surface area contributed by atoms with Gasteiger partial charge in [0.05, 0.1) is 26.3 Å². The maximum Gasteiger partial charge on any atom is 0.325 e. The van der Waals surface area contributed by atoms with Crippen molar-refractivity contribution in [2.45, 2.75) is 6.42 Å². The van der Waals surface area contributed by atoms with E-state index in [4.69, 9.17) is 9.47 Å². The fourth-order valence-corrected chi connectivity index (χ4v) is 3.23. The zero-order valence-corrected chi connectivity index (χ0v) is 17.0. The van der Waals surface area contributed by atoms with Gasteiger partial charge in [0.2, 0.25) is 5.91 Å². The van der Waals surface area contributed by atoms with Gasteiger partial charge in [-0.25, -0.2) is 14.2 Å². The minimum absolute atomic E-state index is 0.0338. The van der Waals surface area contributed by atoms with Gasteiger partial charge in [-0.05, 0) is 36.4 Å². The lowest BCUT2D eigenvalue weighted by Crippen LogP contribution is -2.19. The second-order valence-electron chi connectivity index (χ2n) is 6.02. The first kappa shape index (κ1) is 21.1. The lowest BCUT2D eigenvalue weighted by atomic mass is 10.2. The summed E-state index contributed by atoms with van der Waals surface area (Å²) in [5, 5.41) is 9.93. The molecule has 0 radical (unpaired) electrons. The third kappa shape index (κ3) is 5.67. The number of halogens is 1. The molecule has 0 aliphatic heterocycles. The third-order valence-corrected chi connectivity index (χ3v) is 4.69. The number of ether oxygens (including phenoxy) is 2. The Bertz CT molecular complexity index is 1040. The summed E-state index contributed by atoms with van der Waals surface area (Å²) in [6.07, 6.45) is 0.0338. The van der Waals surface area contributed by atoms with Crippen LogP contribution < -0.4 is 25.4 Å². The van der Waals surface area contributed by atoms with Crippen LogP contribution in [-0.2, 0) is 11.2 Å². The van der Waals surface area contributed by atoms with Gasteiger partial charge in [-0.1, -0.05) is 0 Å². The number of hydrogen-bond donors (Lipinski definition) is 3. The van der Waals surface area contributed by atoms with Crippen molar-refractivity contribution in [2.75, 3.05) is 30.2 Å². The van der Waals surface area contributed by atoms with Gasteiger partial charge in [0, 0.05) is 22.8 Å². The summed E-state index contributed by atoms with van der Waals surface area (Å²) in [5.74, 6) is 0.402. The molecule has 0 aliphatic rings. The van der Waals surface area contributed by atoms with Crippen molar-refractivity contribution in [1.29, 1.82) is 0 Å². The lowest BCUT2D eigenvalue weighted by molar-refractivity contribution is -0.115. The Morgan fingerprint density at radius 2 is 1.67 bits per heavy atom. The van der Waals surface area contributed by atoms with Crippen LogP contribution in [0.5, 0.6) is 11.5 Å². The zero-order chi connectivity index (χ0) is 21.5. The third-order valence-electron chi connectivity index (χ3n) is 3.88. The molecule has 1 aromatic heterocycles. The van der Waals surface area contributed by atoms with Crippen LogP contribution in [0.15, 0.2) is 47.8 Å². The predicted molar refractivity (Wildman–Crippen MR) is 113 cm³/mol. The van der Waals surface area contributed by atoms with Crippen LogP contribution in [0, 0.1) is 5.82 Å². The molecule has 30 heavy (non-hydrogen) atoms. The van der Waals surface area contributed by atoms with Gasteiger partial charge in [-0.2, -0.15) is 0 Å². The number of thiazole rings is 1. The van der Waals surface area contributed by atoms with Crippen molar-refractivity contribution in [2.24, 2.45) is 0 Å². The van der Waals surface area contributed by atoms with Crippen molar-refractivity contribution >= 4 is 39.8 Å². The van der Waals surface area contributed by atoms with E-state index >= 15 is 0 Å². The minimum atomic E-state index is -0.516. The van der Waals surface area contributed by atoms with Gasteiger partial charge in [0.25, 0.3) is 0 Å². The first-order valence-corrected chi connectivity index (χ1v) is 9.64. The smallest absolute Gasteiger partial charge is 0.325 e. The Morgan fingerprint density at radius 3 is 2.37 bits per heavy atom. The molecule has 3 N–H and O–H groups in total. The minimum Gasteiger partial charge on any atom is -0.493 e. The molecule has 2 aromatic carbocycles. The Balaban J connectivity index is 1.54. The van der Waals surface area contributed by atoms with Crippen LogP contribution in [0.25, 0.3) is 0 Å². The van der Waals surface area contributed by atoms with Crippen molar-refractivity contribution in [1.82, 2.24) is 4.98 Å².